The first-order valence-corrected chi connectivity index (χ1v) is 6.49. The Bertz CT molecular complexity index is 595. The predicted octanol–water partition coefficient (Wildman–Crippen LogP) is 1.42. The zero-order valence-corrected chi connectivity index (χ0v) is 10.6. The van der Waals surface area contributed by atoms with Gasteiger partial charge in [-0.1, -0.05) is 0 Å². The highest BCUT2D eigenvalue weighted by Crippen LogP contribution is 2.27. The van der Waals surface area contributed by atoms with Gasteiger partial charge in [0.25, 0.3) is 0 Å². The Morgan fingerprint density at radius 1 is 1.47 bits per heavy atom. The van der Waals surface area contributed by atoms with Crippen LogP contribution in [0.2, 0.25) is 0 Å². The van der Waals surface area contributed by atoms with E-state index in [4.69, 9.17) is 5.11 Å². The minimum atomic E-state index is -0.713. The summed E-state index contributed by atoms with van der Waals surface area (Å²) in [4.78, 5) is 17.3. The fourth-order valence-corrected chi connectivity index (χ4v) is 2.68. The van der Waals surface area contributed by atoms with E-state index in [2.05, 4.69) is 15.0 Å². The Labute approximate surface area is 110 Å². The lowest BCUT2D eigenvalue weighted by Crippen LogP contribution is -2.21. The summed E-state index contributed by atoms with van der Waals surface area (Å²) in [5.74, 6) is 0.674. The number of hydrogen-bond donors (Lipinski definition) is 1. The molecule has 0 bridgehead atoms. The third-order valence-corrected chi connectivity index (χ3v) is 3.66. The number of hydrogen-bond acceptors (Lipinski definition) is 4. The summed E-state index contributed by atoms with van der Waals surface area (Å²) in [5, 5.41) is 12.9. The minimum absolute atomic E-state index is 0.253. The second kappa shape index (κ2) is 4.87. The van der Waals surface area contributed by atoms with Gasteiger partial charge in [-0.15, -0.1) is 0 Å². The van der Waals surface area contributed by atoms with E-state index in [0.717, 1.165) is 37.3 Å². The van der Waals surface area contributed by atoms with Crippen LogP contribution in [0.15, 0.2) is 24.7 Å². The zero-order chi connectivity index (χ0) is 13.2. The van der Waals surface area contributed by atoms with E-state index in [1.165, 1.54) is 0 Å². The maximum atomic E-state index is 10.6. The second-order valence-corrected chi connectivity index (χ2v) is 4.94. The molecule has 2 aromatic rings. The van der Waals surface area contributed by atoms with Crippen LogP contribution in [0.4, 0.5) is 5.82 Å². The first-order valence-electron chi connectivity index (χ1n) is 6.49. The van der Waals surface area contributed by atoms with Crippen LogP contribution in [0.5, 0.6) is 0 Å². The van der Waals surface area contributed by atoms with Gasteiger partial charge in [0.15, 0.2) is 5.82 Å². The molecule has 0 saturated carbocycles. The maximum absolute atomic E-state index is 10.6. The molecule has 3 heterocycles. The van der Waals surface area contributed by atoms with Crippen LogP contribution < -0.4 is 4.90 Å². The third-order valence-electron chi connectivity index (χ3n) is 3.66. The van der Waals surface area contributed by atoms with Crippen molar-refractivity contribution in [2.24, 2.45) is 5.92 Å². The molecule has 1 N–H and O–H groups in total. The molecule has 3 rings (SSSR count). The van der Waals surface area contributed by atoms with Crippen LogP contribution in [0, 0.1) is 5.92 Å². The Balaban J connectivity index is 1.74. The first-order chi connectivity index (χ1) is 9.24. The molecule has 0 amide bonds. The number of carboxylic acid groups (broad SMARTS) is 1. The third kappa shape index (κ3) is 2.38. The number of aliphatic carboxylic acids is 1. The fourth-order valence-electron chi connectivity index (χ4n) is 2.68. The maximum Gasteiger partial charge on any atom is 0.303 e. The lowest BCUT2D eigenvalue weighted by atomic mass is 10.0. The van der Waals surface area contributed by atoms with Crippen LogP contribution in [-0.2, 0) is 4.79 Å². The van der Waals surface area contributed by atoms with Crippen LogP contribution >= 0.6 is 0 Å². The topological polar surface area (TPSA) is 70.7 Å². The largest absolute Gasteiger partial charge is 0.481 e. The summed E-state index contributed by atoms with van der Waals surface area (Å²) >= 11 is 0. The van der Waals surface area contributed by atoms with Crippen molar-refractivity contribution in [3.63, 3.8) is 0 Å². The molecule has 6 nitrogen and oxygen atoms in total. The van der Waals surface area contributed by atoms with E-state index < -0.39 is 5.97 Å². The van der Waals surface area contributed by atoms with Gasteiger partial charge in [-0.25, -0.2) is 9.50 Å². The van der Waals surface area contributed by atoms with Crippen molar-refractivity contribution in [2.75, 3.05) is 18.0 Å². The number of rotatable bonds is 4. The molecular formula is C13H16N4O2. The monoisotopic (exact) mass is 260 g/mol. The van der Waals surface area contributed by atoms with Crippen molar-refractivity contribution >= 4 is 17.3 Å². The van der Waals surface area contributed by atoms with E-state index in [0.29, 0.717) is 5.92 Å². The SMILES string of the molecule is O=C(O)CCC1CCN(c2nccn3nccc23)C1. The first kappa shape index (κ1) is 12.0. The van der Waals surface area contributed by atoms with Gasteiger partial charge in [-0.2, -0.15) is 5.10 Å². The van der Waals surface area contributed by atoms with Crippen LogP contribution in [-0.4, -0.2) is 38.8 Å². The van der Waals surface area contributed by atoms with E-state index in [-0.39, 0.29) is 6.42 Å². The number of fused-ring (bicyclic) bond motifs is 1. The van der Waals surface area contributed by atoms with Crippen LogP contribution in [0.3, 0.4) is 0 Å². The average molecular weight is 260 g/mol. The Morgan fingerprint density at radius 2 is 2.37 bits per heavy atom. The molecule has 0 aromatic carbocycles. The molecule has 2 aromatic heterocycles. The van der Waals surface area contributed by atoms with E-state index in [9.17, 15) is 4.79 Å². The van der Waals surface area contributed by atoms with Gasteiger partial charge in [0.1, 0.15) is 5.52 Å². The molecule has 1 atom stereocenters. The predicted molar refractivity (Wildman–Crippen MR) is 70.2 cm³/mol. The smallest absolute Gasteiger partial charge is 0.303 e. The molecule has 0 aliphatic carbocycles. The van der Waals surface area contributed by atoms with Gasteiger partial charge in [0.05, 0.1) is 6.20 Å². The normalized spacial score (nSPS) is 19.2. The van der Waals surface area contributed by atoms with Crippen LogP contribution in [0.1, 0.15) is 19.3 Å². The Hall–Kier alpha value is -2.11. The molecule has 6 heteroatoms. The van der Waals surface area contributed by atoms with Crippen molar-refractivity contribution in [1.82, 2.24) is 14.6 Å². The van der Waals surface area contributed by atoms with Crippen LogP contribution in [0.25, 0.3) is 5.52 Å². The summed E-state index contributed by atoms with van der Waals surface area (Å²) in [6, 6.07) is 1.95. The molecule has 1 unspecified atom stereocenters. The van der Waals surface area contributed by atoms with Gasteiger partial charge in [0.2, 0.25) is 0 Å². The molecule has 1 aliphatic heterocycles. The number of anilines is 1. The number of carboxylic acids is 1. The van der Waals surface area contributed by atoms with Gasteiger partial charge in [0, 0.05) is 31.9 Å². The number of nitrogens with zero attached hydrogens (tertiary/aromatic N) is 4. The standard InChI is InChI=1S/C13H16N4O2/c18-12(19)2-1-10-4-7-16(9-10)13-11-3-5-15-17(11)8-6-14-13/h3,5-6,8,10H,1-2,4,7,9H2,(H,18,19). The van der Waals surface area contributed by atoms with Gasteiger partial charge < -0.3 is 10.0 Å². The highest BCUT2D eigenvalue weighted by molar-refractivity contribution is 5.68. The fraction of sp³-hybridized carbons (Fsp3) is 0.462. The number of aromatic nitrogens is 3. The molecule has 0 spiro atoms. The van der Waals surface area contributed by atoms with Crippen molar-refractivity contribution in [3.05, 3.63) is 24.7 Å². The lowest BCUT2D eigenvalue weighted by molar-refractivity contribution is -0.137. The Morgan fingerprint density at radius 3 is 3.21 bits per heavy atom. The molecule has 19 heavy (non-hydrogen) atoms. The molecule has 1 saturated heterocycles. The van der Waals surface area contributed by atoms with Crippen molar-refractivity contribution in [3.8, 4) is 0 Å². The van der Waals surface area contributed by atoms with Gasteiger partial charge in [-0.05, 0) is 24.8 Å². The molecule has 0 radical (unpaired) electrons. The number of carbonyl (C=O) groups is 1. The second-order valence-electron chi connectivity index (χ2n) is 4.94. The molecule has 1 fully saturated rings. The van der Waals surface area contributed by atoms with Gasteiger partial charge in [-0.3, -0.25) is 4.79 Å². The van der Waals surface area contributed by atoms with E-state index in [1.807, 2.05) is 16.8 Å². The molecule has 100 valence electrons. The zero-order valence-electron chi connectivity index (χ0n) is 10.6. The van der Waals surface area contributed by atoms with Crippen molar-refractivity contribution in [2.45, 2.75) is 19.3 Å². The molecule has 1 aliphatic rings. The summed E-state index contributed by atoms with van der Waals surface area (Å²) in [6.45, 7) is 1.81. The molecular weight excluding hydrogens is 244 g/mol. The van der Waals surface area contributed by atoms with E-state index >= 15 is 0 Å². The minimum Gasteiger partial charge on any atom is -0.481 e. The summed E-state index contributed by atoms with van der Waals surface area (Å²) < 4.78 is 1.81. The van der Waals surface area contributed by atoms with Crippen molar-refractivity contribution < 1.29 is 9.90 Å². The van der Waals surface area contributed by atoms with E-state index in [1.54, 1.807) is 12.4 Å². The lowest BCUT2D eigenvalue weighted by Gasteiger charge is -2.18. The quantitative estimate of drug-likeness (QED) is 0.900. The van der Waals surface area contributed by atoms with Gasteiger partial charge >= 0.3 is 5.97 Å². The average Bonchev–Trinajstić information content (AvgIpc) is 3.04. The summed E-state index contributed by atoms with van der Waals surface area (Å²) in [5.41, 5.74) is 1.00. The Kier molecular flexibility index (Phi) is 3.06. The highest BCUT2D eigenvalue weighted by atomic mass is 16.4. The summed E-state index contributed by atoms with van der Waals surface area (Å²) in [6.07, 6.45) is 7.37. The summed E-state index contributed by atoms with van der Waals surface area (Å²) in [7, 11) is 0. The highest BCUT2D eigenvalue weighted by Gasteiger charge is 2.25. The van der Waals surface area contributed by atoms with Crippen molar-refractivity contribution in [1.29, 1.82) is 0 Å².